The molecule has 0 amide bonds. The molecule has 32 heavy (non-hydrogen) atoms. The highest BCUT2D eigenvalue weighted by Crippen LogP contribution is 2.32. The van der Waals surface area contributed by atoms with Crippen LogP contribution in [0.1, 0.15) is 25.3 Å². The number of piperidine rings is 1. The molecule has 4 aromatic rings. The van der Waals surface area contributed by atoms with Crippen LogP contribution in [0.4, 0.5) is 0 Å². The Morgan fingerprint density at radius 1 is 1.03 bits per heavy atom. The first-order valence-electron chi connectivity index (χ1n) is 10.7. The lowest BCUT2D eigenvalue weighted by atomic mass is 9.97. The van der Waals surface area contributed by atoms with Crippen LogP contribution in [-0.4, -0.2) is 13.1 Å². The lowest BCUT2D eigenvalue weighted by molar-refractivity contribution is -0.919. The van der Waals surface area contributed by atoms with Gasteiger partial charge < -0.3 is 18.8 Å². The first-order valence-corrected chi connectivity index (χ1v) is 11.1. The number of likely N-dealkylation sites (tertiary alicyclic amines) is 1. The average Bonchev–Trinajstić information content (AvgIpc) is 2.76. The second kappa shape index (κ2) is 8.11. The van der Waals surface area contributed by atoms with E-state index in [2.05, 4.69) is 6.92 Å². The van der Waals surface area contributed by atoms with Gasteiger partial charge in [0.2, 0.25) is 0 Å². The van der Waals surface area contributed by atoms with E-state index in [1.165, 1.54) is 17.0 Å². The van der Waals surface area contributed by atoms with Crippen LogP contribution in [0.5, 0.6) is 5.75 Å². The summed E-state index contributed by atoms with van der Waals surface area (Å²) in [6.45, 7) is 4.66. The molecule has 0 unspecified atom stereocenters. The summed E-state index contributed by atoms with van der Waals surface area (Å²) in [6, 6.07) is 11.0. The number of quaternary nitrogens is 1. The Labute approximate surface area is 188 Å². The van der Waals surface area contributed by atoms with Gasteiger partial charge in [-0.25, -0.2) is 9.59 Å². The Morgan fingerprint density at radius 2 is 1.81 bits per heavy atom. The summed E-state index contributed by atoms with van der Waals surface area (Å²) in [6.07, 6.45) is 2.20. The average molecular weight is 452 g/mol. The van der Waals surface area contributed by atoms with Crippen molar-refractivity contribution < 1.29 is 18.8 Å². The van der Waals surface area contributed by atoms with Crippen LogP contribution in [0.3, 0.4) is 0 Å². The molecule has 0 bridgehead atoms. The molecule has 1 saturated heterocycles. The molecule has 1 N–H and O–H groups in total. The summed E-state index contributed by atoms with van der Waals surface area (Å²) < 4.78 is 11.0. The monoisotopic (exact) mass is 451 g/mol. The fraction of sp³-hybridized carbons (Fsp3) is 0.280. The van der Waals surface area contributed by atoms with Crippen LogP contribution < -0.4 is 21.3 Å². The maximum Gasteiger partial charge on any atom is 0.344 e. The lowest BCUT2D eigenvalue weighted by Gasteiger charge is -2.28. The van der Waals surface area contributed by atoms with E-state index in [-0.39, 0.29) is 16.9 Å². The third kappa shape index (κ3) is 3.80. The van der Waals surface area contributed by atoms with E-state index in [0.717, 1.165) is 25.9 Å². The highest BCUT2D eigenvalue weighted by molar-refractivity contribution is 6.31. The number of rotatable bonds is 3. The molecule has 1 aliphatic rings. The van der Waals surface area contributed by atoms with E-state index in [1.54, 1.807) is 30.3 Å². The molecule has 0 aliphatic carbocycles. The number of hydrogen-bond donors (Lipinski definition) is 1. The van der Waals surface area contributed by atoms with Crippen molar-refractivity contribution in [3.05, 3.63) is 73.9 Å². The zero-order valence-corrected chi connectivity index (χ0v) is 18.3. The van der Waals surface area contributed by atoms with Crippen LogP contribution in [0, 0.1) is 5.92 Å². The molecule has 0 saturated carbocycles. The van der Waals surface area contributed by atoms with Crippen LogP contribution >= 0.6 is 11.6 Å². The summed E-state index contributed by atoms with van der Waals surface area (Å²) in [5.41, 5.74) is 0.538. The van der Waals surface area contributed by atoms with Crippen LogP contribution in [0.15, 0.2) is 60.9 Å². The molecule has 2 aromatic heterocycles. The summed E-state index contributed by atoms with van der Waals surface area (Å²) in [5.74, 6) is 0.518. The van der Waals surface area contributed by atoms with Gasteiger partial charge in [-0.1, -0.05) is 36.4 Å². The first kappa shape index (κ1) is 20.8. The molecular weight excluding hydrogens is 430 g/mol. The van der Waals surface area contributed by atoms with E-state index in [0.29, 0.717) is 45.0 Å². The number of benzene rings is 2. The summed E-state index contributed by atoms with van der Waals surface area (Å²) >= 11 is 6.10. The van der Waals surface area contributed by atoms with Crippen molar-refractivity contribution in [1.29, 1.82) is 0 Å². The number of fused-ring (bicyclic) bond motifs is 2. The zero-order valence-electron chi connectivity index (χ0n) is 17.6. The Bertz CT molecular complexity index is 1450. The van der Waals surface area contributed by atoms with Crippen molar-refractivity contribution in [2.75, 3.05) is 13.1 Å². The maximum atomic E-state index is 12.8. The van der Waals surface area contributed by atoms with Crippen molar-refractivity contribution in [2.45, 2.75) is 26.3 Å². The SMILES string of the molecule is CC1CC[NH+](Cc2c([O-])ccc3c(-c4cc5cc(Cl)ccc5oc4=O)cc(=O)oc23)CC1. The molecule has 1 fully saturated rings. The topological polar surface area (TPSA) is 87.9 Å². The quantitative estimate of drug-likeness (QED) is 0.483. The molecular formula is C25H22ClNO5. The lowest BCUT2D eigenvalue weighted by Crippen LogP contribution is -3.11. The maximum absolute atomic E-state index is 12.8. The second-order valence-electron chi connectivity index (χ2n) is 8.64. The molecule has 0 spiro atoms. The zero-order chi connectivity index (χ0) is 22.4. The fourth-order valence-corrected chi connectivity index (χ4v) is 4.71. The van der Waals surface area contributed by atoms with E-state index >= 15 is 0 Å². The molecule has 0 radical (unpaired) electrons. The third-order valence-electron chi connectivity index (χ3n) is 6.37. The van der Waals surface area contributed by atoms with Crippen molar-refractivity contribution in [1.82, 2.24) is 0 Å². The van der Waals surface area contributed by atoms with Gasteiger partial charge >= 0.3 is 11.3 Å². The van der Waals surface area contributed by atoms with Crippen molar-refractivity contribution in [2.24, 2.45) is 5.92 Å². The Balaban J connectivity index is 1.68. The van der Waals surface area contributed by atoms with Gasteiger partial charge in [0.25, 0.3) is 0 Å². The molecule has 1 aliphatic heterocycles. The van der Waals surface area contributed by atoms with Gasteiger partial charge in [0.05, 0.1) is 18.7 Å². The van der Waals surface area contributed by atoms with Crippen LogP contribution in [-0.2, 0) is 6.54 Å². The molecule has 7 heteroatoms. The van der Waals surface area contributed by atoms with E-state index in [1.807, 2.05) is 0 Å². The highest BCUT2D eigenvalue weighted by atomic mass is 35.5. The summed E-state index contributed by atoms with van der Waals surface area (Å²) in [4.78, 5) is 26.5. The number of hydrogen-bond acceptors (Lipinski definition) is 5. The first-order chi connectivity index (χ1) is 15.4. The predicted molar refractivity (Wildman–Crippen MR) is 121 cm³/mol. The molecule has 2 aromatic carbocycles. The minimum Gasteiger partial charge on any atom is -0.872 e. The van der Waals surface area contributed by atoms with Crippen molar-refractivity contribution in [3.63, 3.8) is 0 Å². The van der Waals surface area contributed by atoms with Crippen LogP contribution in [0.25, 0.3) is 33.1 Å². The number of nitrogens with one attached hydrogen (secondary N) is 1. The largest absolute Gasteiger partial charge is 0.872 e. The van der Waals surface area contributed by atoms with Gasteiger partial charge in [-0.05, 0) is 43.0 Å². The summed E-state index contributed by atoms with van der Waals surface area (Å²) in [5, 5.41) is 14.4. The molecule has 6 nitrogen and oxygen atoms in total. The standard InChI is InChI=1S/C25H22ClNO5/c1-14-6-8-27(9-7-14)13-20-21(28)4-3-17-18(12-23(29)32-24(17)20)19-11-15-10-16(26)2-5-22(15)31-25(19)30/h2-5,10-12,14,28H,6-9,13H2,1H3. The smallest absolute Gasteiger partial charge is 0.344 e. The summed E-state index contributed by atoms with van der Waals surface area (Å²) in [7, 11) is 0. The number of halogens is 1. The van der Waals surface area contributed by atoms with Gasteiger partial charge in [-0.3, -0.25) is 0 Å². The molecule has 5 rings (SSSR count). The second-order valence-corrected chi connectivity index (χ2v) is 9.07. The van der Waals surface area contributed by atoms with Gasteiger partial charge in [0.15, 0.2) is 0 Å². The minimum absolute atomic E-state index is 0.166. The van der Waals surface area contributed by atoms with E-state index < -0.39 is 11.3 Å². The van der Waals surface area contributed by atoms with Crippen molar-refractivity contribution in [3.8, 4) is 16.9 Å². The normalized spacial score (nSPS) is 18.9. The highest BCUT2D eigenvalue weighted by Gasteiger charge is 2.22. The molecule has 164 valence electrons. The Morgan fingerprint density at radius 3 is 2.59 bits per heavy atom. The van der Waals surface area contributed by atoms with Crippen LogP contribution in [0.2, 0.25) is 5.02 Å². The van der Waals surface area contributed by atoms with Gasteiger partial charge in [-0.2, -0.15) is 0 Å². The predicted octanol–water partition coefficient (Wildman–Crippen LogP) is 3.11. The van der Waals surface area contributed by atoms with E-state index in [4.69, 9.17) is 20.4 Å². The Hall–Kier alpha value is -3.09. The fourth-order valence-electron chi connectivity index (χ4n) is 4.53. The Kier molecular flexibility index (Phi) is 5.27. The van der Waals surface area contributed by atoms with Gasteiger partial charge in [0.1, 0.15) is 17.7 Å². The third-order valence-corrected chi connectivity index (χ3v) is 6.60. The van der Waals surface area contributed by atoms with Crippen molar-refractivity contribution >= 4 is 33.5 Å². The molecule has 0 atom stereocenters. The molecule has 3 heterocycles. The minimum atomic E-state index is -0.618. The van der Waals surface area contributed by atoms with E-state index in [9.17, 15) is 14.7 Å². The van der Waals surface area contributed by atoms with Gasteiger partial charge in [-0.15, -0.1) is 0 Å². The van der Waals surface area contributed by atoms with Gasteiger partial charge in [0, 0.05) is 33.0 Å².